The van der Waals surface area contributed by atoms with Gasteiger partial charge >= 0.3 is 0 Å². The van der Waals surface area contributed by atoms with Gasteiger partial charge in [0.25, 0.3) is 0 Å². The average Bonchev–Trinajstić information content (AvgIpc) is 2.58. The molecule has 1 aliphatic rings. The van der Waals surface area contributed by atoms with Gasteiger partial charge in [-0.1, -0.05) is 15.9 Å². The van der Waals surface area contributed by atoms with Crippen LogP contribution in [0.25, 0.3) is 0 Å². The fourth-order valence-corrected chi connectivity index (χ4v) is 4.07. The van der Waals surface area contributed by atoms with E-state index in [1.54, 1.807) is 4.90 Å². The summed E-state index contributed by atoms with van der Waals surface area (Å²) in [5, 5.41) is 6.80. The van der Waals surface area contributed by atoms with Gasteiger partial charge in [0.1, 0.15) is 0 Å². The normalized spacial score (nSPS) is 18.8. The number of rotatable bonds is 6. The minimum Gasteiger partial charge on any atom is -0.357 e. The van der Waals surface area contributed by atoms with Crippen LogP contribution in [0.2, 0.25) is 0 Å². The van der Waals surface area contributed by atoms with Crippen LogP contribution in [0.4, 0.5) is 0 Å². The van der Waals surface area contributed by atoms with Crippen molar-refractivity contribution in [1.29, 1.82) is 0 Å². The molecule has 26 heavy (non-hydrogen) atoms. The zero-order valence-corrected chi connectivity index (χ0v) is 18.4. The van der Waals surface area contributed by atoms with E-state index in [4.69, 9.17) is 4.99 Å². The van der Waals surface area contributed by atoms with Gasteiger partial charge in [0, 0.05) is 46.7 Å². The van der Waals surface area contributed by atoms with E-state index < -0.39 is 0 Å². The highest BCUT2D eigenvalue weighted by atomic mass is 79.9. The number of carbonyl (C=O) groups is 1. The van der Waals surface area contributed by atoms with Gasteiger partial charge in [-0.25, -0.2) is 0 Å². The van der Waals surface area contributed by atoms with Crippen LogP contribution in [0.1, 0.15) is 33.6 Å². The van der Waals surface area contributed by atoms with E-state index in [0.29, 0.717) is 13.0 Å². The van der Waals surface area contributed by atoms with E-state index >= 15 is 0 Å². The number of piperidine rings is 1. The summed E-state index contributed by atoms with van der Waals surface area (Å²) in [4.78, 5) is 19.5. The molecule has 1 heterocycles. The molecular formula is C19H29BrN4OS. The third-order valence-electron chi connectivity index (χ3n) is 4.14. The van der Waals surface area contributed by atoms with E-state index in [1.807, 2.05) is 18.8 Å². The molecule has 0 aromatic heterocycles. The molecule has 0 spiro atoms. The second kappa shape index (κ2) is 9.65. The monoisotopic (exact) mass is 440 g/mol. The molecule has 1 saturated heterocycles. The van der Waals surface area contributed by atoms with Crippen LogP contribution in [0, 0.1) is 0 Å². The Morgan fingerprint density at radius 3 is 2.69 bits per heavy atom. The lowest BCUT2D eigenvalue weighted by Crippen LogP contribution is -2.52. The fraction of sp³-hybridized carbons (Fsp3) is 0.579. The van der Waals surface area contributed by atoms with Crippen molar-refractivity contribution in [2.75, 3.05) is 26.7 Å². The number of likely N-dealkylation sites (tertiary alicyclic amines) is 1. The summed E-state index contributed by atoms with van der Waals surface area (Å²) in [6, 6.07) is 8.62. The van der Waals surface area contributed by atoms with E-state index in [0.717, 1.165) is 29.9 Å². The second-order valence-electron chi connectivity index (χ2n) is 7.17. The summed E-state index contributed by atoms with van der Waals surface area (Å²) in [6.45, 7) is 8.72. The summed E-state index contributed by atoms with van der Waals surface area (Å²) in [7, 11) is 1.86. The smallest absolute Gasteiger partial charge is 0.222 e. The van der Waals surface area contributed by atoms with Crippen molar-refractivity contribution in [2.24, 2.45) is 4.99 Å². The first kappa shape index (κ1) is 21.1. The van der Waals surface area contributed by atoms with Gasteiger partial charge in [0.15, 0.2) is 5.96 Å². The maximum Gasteiger partial charge on any atom is 0.222 e. The van der Waals surface area contributed by atoms with Gasteiger partial charge in [-0.15, -0.1) is 11.8 Å². The summed E-state index contributed by atoms with van der Waals surface area (Å²) >= 11 is 5.30. The van der Waals surface area contributed by atoms with Gasteiger partial charge < -0.3 is 15.5 Å². The minimum absolute atomic E-state index is 0.0183. The number of carbonyl (C=O) groups excluding carboxylic acids is 1. The van der Waals surface area contributed by atoms with E-state index in [-0.39, 0.29) is 16.7 Å². The molecule has 0 bridgehead atoms. The number of benzene rings is 1. The molecule has 144 valence electrons. The van der Waals surface area contributed by atoms with Crippen LogP contribution in [-0.2, 0) is 4.79 Å². The molecule has 0 radical (unpaired) electrons. The zero-order chi connectivity index (χ0) is 19.2. The number of guanidine groups is 1. The Kier molecular flexibility index (Phi) is 7.83. The average molecular weight is 441 g/mol. The first-order valence-electron chi connectivity index (χ1n) is 9.02. The zero-order valence-electron chi connectivity index (χ0n) is 16.0. The van der Waals surface area contributed by atoms with Gasteiger partial charge in [0.2, 0.25) is 5.91 Å². The molecule has 1 atom stereocenters. The van der Waals surface area contributed by atoms with Crippen molar-refractivity contribution >= 4 is 39.6 Å². The van der Waals surface area contributed by atoms with Gasteiger partial charge in [-0.3, -0.25) is 9.79 Å². The highest BCUT2D eigenvalue weighted by molar-refractivity contribution is 9.10. The molecule has 5 nitrogen and oxygen atoms in total. The Morgan fingerprint density at radius 2 is 2.08 bits per heavy atom. The molecule has 2 rings (SSSR count). The minimum atomic E-state index is -0.0183. The Labute approximate surface area is 169 Å². The molecule has 7 heteroatoms. The number of nitrogens with zero attached hydrogens (tertiary/aromatic N) is 2. The molecule has 1 aromatic rings. The van der Waals surface area contributed by atoms with Crippen LogP contribution in [-0.4, -0.2) is 54.2 Å². The van der Waals surface area contributed by atoms with Crippen LogP contribution in [0.5, 0.6) is 0 Å². The summed E-state index contributed by atoms with van der Waals surface area (Å²) in [6.07, 6.45) is 1.45. The highest BCUT2D eigenvalue weighted by Crippen LogP contribution is 2.33. The molecule has 2 N–H and O–H groups in total. The third-order valence-corrected chi connectivity index (χ3v) is 5.86. The topological polar surface area (TPSA) is 56.7 Å². The summed E-state index contributed by atoms with van der Waals surface area (Å²) < 4.78 is 1.07. The van der Waals surface area contributed by atoms with E-state index in [2.05, 4.69) is 71.6 Å². The highest BCUT2D eigenvalue weighted by Gasteiger charge is 2.24. The maximum absolute atomic E-state index is 11.6. The Morgan fingerprint density at radius 1 is 1.38 bits per heavy atom. The molecular weight excluding hydrogens is 412 g/mol. The van der Waals surface area contributed by atoms with E-state index in [1.165, 1.54) is 4.90 Å². The fourth-order valence-electron chi connectivity index (χ4n) is 2.77. The van der Waals surface area contributed by atoms with Crippen LogP contribution < -0.4 is 10.6 Å². The predicted octanol–water partition coefficient (Wildman–Crippen LogP) is 3.50. The third kappa shape index (κ3) is 6.83. The SMILES string of the molecule is CCNC(=NCC(C)(C)Sc1ccc(Br)cc1)NC1CCC(=O)N(C)C1. The van der Waals surface area contributed by atoms with Crippen molar-refractivity contribution in [3.63, 3.8) is 0 Å². The number of hydrogen-bond donors (Lipinski definition) is 2. The molecule has 1 amide bonds. The molecule has 1 aromatic carbocycles. The number of likely N-dealkylation sites (N-methyl/N-ethyl adjacent to an activating group) is 1. The Bertz CT molecular complexity index is 633. The van der Waals surface area contributed by atoms with Crippen molar-refractivity contribution in [2.45, 2.75) is 49.3 Å². The van der Waals surface area contributed by atoms with Gasteiger partial charge in [-0.05, 0) is 51.5 Å². The van der Waals surface area contributed by atoms with Crippen LogP contribution in [0.3, 0.4) is 0 Å². The first-order chi connectivity index (χ1) is 12.3. The number of nitrogens with one attached hydrogen (secondary N) is 2. The quantitative estimate of drug-likeness (QED) is 0.403. The van der Waals surface area contributed by atoms with E-state index in [9.17, 15) is 4.79 Å². The largest absolute Gasteiger partial charge is 0.357 e. The van der Waals surface area contributed by atoms with Crippen molar-refractivity contribution in [3.8, 4) is 0 Å². The molecule has 1 unspecified atom stereocenters. The van der Waals surface area contributed by atoms with Crippen molar-refractivity contribution < 1.29 is 4.79 Å². The van der Waals surface area contributed by atoms with Crippen molar-refractivity contribution in [3.05, 3.63) is 28.7 Å². The first-order valence-corrected chi connectivity index (χ1v) is 10.6. The number of thioether (sulfide) groups is 1. The van der Waals surface area contributed by atoms with Gasteiger partial charge in [0.05, 0.1) is 6.54 Å². The molecule has 0 aliphatic carbocycles. The summed E-state index contributed by atoms with van der Waals surface area (Å²) in [5.41, 5.74) is 0. The van der Waals surface area contributed by atoms with Crippen molar-refractivity contribution in [1.82, 2.24) is 15.5 Å². The Balaban J connectivity index is 1.96. The standard InChI is InChI=1S/C19H29BrN4OS/c1-5-21-18(23-15-8-11-17(25)24(4)12-15)22-13-19(2,3)26-16-9-6-14(20)7-10-16/h6-7,9-10,15H,5,8,11-13H2,1-4H3,(H2,21,22,23). The number of hydrogen-bond acceptors (Lipinski definition) is 3. The number of halogens is 1. The lowest BCUT2D eigenvalue weighted by molar-refractivity contribution is -0.132. The van der Waals surface area contributed by atoms with Gasteiger partial charge in [-0.2, -0.15) is 0 Å². The van der Waals surface area contributed by atoms with Crippen LogP contribution in [0.15, 0.2) is 38.6 Å². The molecule has 1 aliphatic heterocycles. The lowest BCUT2D eigenvalue weighted by Gasteiger charge is -2.31. The number of amides is 1. The van der Waals surface area contributed by atoms with Crippen LogP contribution >= 0.6 is 27.7 Å². The molecule has 0 saturated carbocycles. The molecule has 1 fully saturated rings. The summed E-state index contributed by atoms with van der Waals surface area (Å²) in [5.74, 6) is 1.04. The number of aliphatic imine (C=N–C) groups is 1. The maximum atomic E-state index is 11.6. The predicted molar refractivity (Wildman–Crippen MR) is 114 cm³/mol. The Hall–Kier alpha value is -1.21. The second-order valence-corrected chi connectivity index (χ2v) is 9.86. The lowest BCUT2D eigenvalue weighted by atomic mass is 10.1.